The predicted molar refractivity (Wildman–Crippen MR) is 76.3 cm³/mol. The fourth-order valence-electron chi connectivity index (χ4n) is 1.94. The molecule has 0 bridgehead atoms. The highest BCUT2D eigenvalue weighted by molar-refractivity contribution is 5.27. The lowest BCUT2D eigenvalue weighted by atomic mass is 10.1. The summed E-state index contributed by atoms with van der Waals surface area (Å²) in [5, 5.41) is 0. The molecule has 1 aromatic heterocycles. The lowest BCUT2D eigenvalue weighted by Crippen LogP contribution is -2.31. The van der Waals surface area contributed by atoms with Gasteiger partial charge in [0, 0.05) is 6.04 Å². The first kappa shape index (κ1) is 13.7. The number of nitrogens with two attached hydrogens (primary N) is 1. The van der Waals surface area contributed by atoms with Crippen LogP contribution in [0.4, 0.5) is 0 Å². The van der Waals surface area contributed by atoms with Gasteiger partial charge in [-0.2, -0.15) is 0 Å². The van der Waals surface area contributed by atoms with Crippen LogP contribution in [0.5, 0.6) is 5.75 Å². The van der Waals surface area contributed by atoms with E-state index in [-0.39, 0.29) is 12.1 Å². The SMILES string of the molecule is CCC(N)C(Oc1ccc(C)cc1)c1ccc(C)o1. The first-order chi connectivity index (χ1) is 9.10. The standard InChI is InChI=1S/C16H21NO2/c1-4-14(17)16(15-10-7-12(3)18-15)19-13-8-5-11(2)6-9-13/h5-10,14,16H,4,17H2,1-3H3. The van der Waals surface area contributed by atoms with E-state index in [2.05, 4.69) is 6.92 Å². The van der Waals surface area contributed by atoms with E-state index in [1.165, 1.54) is 5.56 Å². The summed E-state index contributed by atoms with van der Waals surface area (Å²) in [5.74, 6) is 2.47. The smallest absolute Gasteiger partial charge is 0.171 e. The largest absolute Gasteiger partial charge is 0.481 e. The van der Waals surface area contributed by atoms with Gasteiger partial charge in [0.15, 0.2) is 6.10 Å². The molecule has 3 heteroatoms. The molecule has 2 unspecified atom stereocenters. The van der Waals surface area contributed by atoms with Crippen LogP contribution < -0.4 is 10.5 Å². The van der Waals surface area contributed by atoms with Crippen molar-refractivity contribution < 1.29 is 9.15 Å². The summed E-state index contributed by atoms with van der Waals surface area (Å²) in [4.78, 5) is 0. The van der Waals surface area contributed by atoms with Crippen LogP contribution in [0.15, 0.2) is 40.8 Å². The van der Waals surface area contributed by atoms with E-state index in [9.17, 15) is 0 Å². The Labute approximate surface area is 114 Å². The van der Waals surface area contributed by atoms with Gasteiger partial charge in [-0.3, -0.25) is 0 Å². The average Bonchev–Trinajstić information content (AvgIpc) is 2.83. The van der Waals surface area contributed by atoms with Crippen LogP contribution in [0.3, 0.4) is 0 Å². The Morgan fingerprint density at radius 1 is 1.11 bits per heavy atom. The summed E-state index contributed by atoms with van der Waals surface area (Å²) in [6.45, 7) is 6.02. The molecular formula is C16H21NO2. The molecule has 102 valence electrons. The summed E-state index contributed by atoms with van der Waals surface area (Å²) < 4.78 is 11.7. The first-order valence-electron chi connectivity index (χ1n) is 6.65. The molecule has 2 aromatic rings. The fourth-order valence-corrected chi connectivity index (χ4v) is 1.94. The summed E-state index contributed by atoms with van der Waals surface area (Å²) in [5.41, 5.74) is 7.36. The van der Waals surface area contributed by atoms with Crippen LogP contribution in [-0.2, 0) is 0 Å². The van der Waals surface area contributed by atoms with Gasteiger partial charge in [0.2, 0.25) is 0 Å². The molecule has 0 saturated heterocycles. The molecule has 2 atom stereocenters. The van der Waals surface area contributed by atoms with Crippen molar-refractivity contribution in [1.29, 1.82) is 0 Å². The molecular weight excluding hydrogens is 238 g/mol. The second-order valence-electron chi connectivity index (χ2n) is 4.87. The quantitative estimate of drug-likeness (QED) is 0.889. The summed E-state index contributed by atoms with van der Waals surface area (Å²) in [6.07, 6.45) is 0.581. The van der Waals surface area contributed by atoms with Crippen molar-refractivity contribution in [3.8, 4) is 5.75 Å². The molecule has 2 N–H and O–H groups in total. The molecule has 0 aliphatic rings. The molecule has 0 radical (unpaired) electrons. The maximum Gasteiger partial charge on any atom is 0.171 e. The maximum atomic E-state index is 6.15. The normalized spacial score (nSPS) is 14.1. The minimum absolute atomic E-state index is 0.0909. The Bertz CT molecular complexity index is 516. The summed E-state index contributed by atoms with van der Waals surface area (Å²) in [7, 11) is 0. The zero-order chi connectivity index (χ0) is 13.8. The monoisotopic (exact) mass is 259 g/mol. The van der Waals surface area contributed by atoms with E-state index >= 15 is 0 Å². The summed E-state index contributed by atoms with van der Waals surface area (Å²) in [6, 6.07) is 11.7. The van der Waals surface area contributed by atoms with Crippen molar-refractivity contribution in [2.24, 2.45) is 5.73 Å². The number of rotatable bonds is 5. The van der Waals surface area contributed by atoms with E-state index in [0.717, 1.165) is 23.7 Å². The van der Waals surface area contributed by atoms with Gasteiger partial charge in [-0.1, -0.05) is 24.6 Å². The fraction of sp³-hybridized carbons (Fsp3) is 0.375. The van der Waals surface area contributed by atoms with E-state index in [4.69, 9.17) is 14.9 Å². The van der Waals surface area contributed by atoms with E-state index in [0.29, 0.717) is 0 Å². The molecule has 0 fully saturated rings. The van der Waals surface area contributed by atoms with E-state index in [1.807, 2.05) is 50.2 Å². The molecule has 0 aliphatic carbocycles. The highest BCUT2D eigenvalue weighted by Crippen LogP contribution is 2.27. The third-order valence-corrected chi connectivity index (χ3v) is 3.19. The van der Waals surface area contributed by atoms with Crippen LogP contribution in [0, 0.1) is 13.8 Å². The third-order valence-electron chi connectivity index (χ3n) is 3.19. The Hall–Kier alpha value is -1.74. The second kappa shape index (κ2) is 5.93. The number of aryl methyl sites for hydroxylation is 2. The number of hydrogen-bond acceptors (Lipinski definition) is 3. The number of furan rings is 1. The molecule has 3 nitrogen and oxygen atoms in total. The Balaban J connectivity index is 2.21. The Morgan fingerprint density at radius 3 is 2.32 bits per heavy atom. The molecule has 0 saturated carbocycles. The topological polar surface area (TPSA) is 48.4 Å². The molecule has 0 spiro atoms. The predicted octanol–water partition coefficient (Wildman–Crippen LogP) is 3.75. The van der Waals surface area contributed by atoms with Gasteiger partial charge >= 0.3 is 0 Å². The van der Waals surface area contributed by atoms with Crippen molar-refractivity contribution in [2.45, 2.75) is 39.3 Å². The van der Waals surface area contributed by atoms with Crippen LogP contribution in [0.2, 0.25) is 0 Å². The van der Waals surface area contributed by atoms with Gasteiger partial charge < -0.3 is 14.9 Å². The third kappa shape index (κ3) is 3.38. The minimum Gasteiger partial charge on any atom is -0.481 e. The molecule has 2 rings (SSSR count). The van der Waals surface area contributed by atoms with Crippen LogP contribution in [0.25, 0.3) is 0 Å². The number of hydrogen-bond donors (Lipinski definition) is 1. The van der Waals surface area contributed by atoms with Gasteiger partial charge in [-0.05, 0) is 44.5 Å². The molecule has 1 heterocycles. The molecule has 19 heavy (non-hydrogen) atoms. The molecule has 0 amide bonds. The van der Waals surface area contributed by atoms with Crippen LogP contribution in [0.1, 0.15) is 36.5 Å². The van der Waals surface area contributed by atoms with Gasteiger partial charge in [0.1, 0.15) is 17.3 Å². The van der Waals surface area contributed by atoms with Gasteiger partial charge in [-0.15, -0.1) is 0 Å². The highest BCUT2D eigenvalue weighted by atomic mass is 16.5. The molecule has 1 aromatic carbocycles. The summed E-state index contributed by atoms with van der Waals surface area (Å²) >= 11 is 0. The number of ether oxygens (including phenoxy) is 1. The second-order valence-corrected chi connectivity index (χ2v) is 4.87. The minimum atomic E-state index is -0.249. The van der Waals surface area contributed by atoms with Crippen molar-refractivity contribution in [3.63, 3.8) is 0 Å². The van der Waals surface area contributed by atoms with E-state index in [1.54, 1.807) is 0 Å². The van der Waals surface area contributed by atoms with Gasteiger partial charge in [0.25, 0.3) is 0 Å². The maximum absolute atomic E-state index is 6.15. The Morgan fingerprint density at radius 2 is 1.79 bits per heavy atom. The Kier molecular flexibility index (Phi) is 4.27. The van der Waals surface area contributed by atoms with Crippen molar-refractivity contribution in [1.82, 2.24) is 0 Å². The zero-order valence-electron chi connectivity index (χ0n) is 11.7. The van der Waals surface area contributed by atoms with Gasteiger partial charge in [0.05, 0.1) is 0 Å². The van der Waals surface area contributed by atoms with Crippen molar-refractivity contribution in [2.75, 3.05) is 0 Å². The van der Waals surface area contributed by atoms with E-state index < -0.39 is 0 Å². The lowest BCUT2D eigenvalue weighted by Gasteiger charge is -2.22. The highest BCUT2D eigenvalue weighted by Gasteiger charge is 2.23. The van der Waals surface area contributed by atoms with Gasteiger partial charge in [-0.25, -0.2) is 0 Å². The van der Waals surface area contributed by atoms with Crippen molar-refractivity contribution in [3.05, 3.63) is 53.5 Å². The van der Waals surface area contributed by atoms with Crippen molar-refractivity contribution >= 4 is 0 Å². The lowest BCUT2D eigenvalue weighted by molar-refractivity contribution is 0.143. The average molecular weight is 259 g/mol. The van der Waals surface area contributed by atoms with Crippen LogP contribution >= 0.6 is 0 Å². The zero-order valence-corrected chi connectivity index (χ0v) is 11.7. The molecule has 0 aliphatic heterocycles. The number of benzene rings is 1. The van der Waals surface area contributed by atoms with Crippen LogP contribution in [-0.4, -0.2) is 6.04 Å². The first-order valence-corrected chi connectivity index (χ1v) is 6.65.